The number of furan rings is 1. The van der Waals surface area contributed by atoms with E-state index in [9.17, 15) is 14.4 Å². The Morgan fingerprint density at radius 1 is 1.18 bits per heavy atom. The quantitative estimate of drug-likeness (QED) is 0.662. The van der Waals surface area contributed by atoms with Gasteiger partial charge >= 0.3 is 0 Å². The summed E-state index contributed by atoms with van der Waals surface area (Å²) in [5, 5.41) is 0.919. The number of aryl methyl sites for hydroxylation is 1. The summed E-state index contributed by atoms with van der Waals surface area (Å²) in [6.07, 6.45) is 7.37. The maximum absolute atomic E-state index is 12.6. The van der Waals surface area contributed by atoms with Crippen LogP contribution in [0.4, 0.5) is 0 Å². The summed E-state index contributed by atoms with van der Waals surface area (Å²) in [7, 11) is 0. The molecule has 2 fully saturated rings. The highest BCUT2D eigenvalue weighted by molar-refractivity contribution is 6.08. The predicted molar refractivity (Wildman–Crippen MR) is 75.1 cm³/mol. The topological polar surface area (TPSA) is 79.6 Å². The van der Waals surface area contributed by atoms with Gasteiger partial charge in [-0.2, -0.15) is 5.01 Å². The van der Waals surface area contributed by atoms with Crippen LogP contribution in [0.2, 0.25) is 0 Å². The van der Waals surface area contributed by atoms with E-state index in [0.29, 0.717) is 11.3 Å². The van der Waals surface area contributed by atoms with Crippen LogP contribution in [0.1, 0.15) is 29.0 Å². The van der Waals surface area contributed by atoms with Gasteiger partial charge in [0.25, 0.3) is 17.7 Å². The molecule has 1 saturated heterocycles. The third-order valence-corrected chi connectivity index (χ3v) is 5.08. The Labute approximate surface area is 127 Å². The Hall–Kier alpha value is -2.37. The van der Waals surface area contributed by atoms with Crippen LogP contribution in [0.15, 0.2) is 28.9 Å². The number of amides is 3. The number of carbonyl (C=O) groups excluding carboxylic acids is 3. The van der Waals surface area contributed by atoms with Gasteiger partial charge in [0.1, 0.15) is 5.76 Å². The molecule has 1 aromatic rings. The maximum Gasteiger partial charge on any atom is 0.273 e. The molecule has 0 aromatic carbocycles. The summed E-state index contributed by atoms with van der Waals surface area (Å²) in [6, 6.07) is 1.52. The van der Waals surface area contributed by atoms with Crippen LogP contribution in [-0.2, 0) is 9.59 Å². The normalized spacial score (nSPS) is 32.5. The number of nitrogens with one attached hydrogen (secondary N) is 1. The largest absolute Gasteiger partial charge is 0.469 e. The number of nitrogens with zero attached hydrogens (tertiary/aromatic N) is 1. The number of allylic oxidation sites excluding steroid dienone is 2. The van der Waals surface area contributed by atoms with E-state index in [0.717, 1.165) is 17.9 Å². The fraction of sp³-hybridized carbons (Fsp3) is 0.438. The maximum atomic E-state index is 12.6. The van der Waals surface area contributed by atoms with E-state index < -0.39 is 5.91 Å². The van der Waals surface area contributed by atoms with Crippen molar-refractivity contribution < 1.29 is 18.8 Å². The highest BCUT2D eigenvalue weighted by Crippen LogP contribution is 2.49. The van der Waals surface area contributed by atoms with Crippen LogP contribution >= 0.6 is 0 Å². The molecule has 1 saturated carbocycles. The Morgan fingerprint density at radius 2 is 1.77 bits per heavy atom. The molecule has 22 heavy (non-hydrogen) atoms. The minimum Gasteiger partial charge on any atom is -0.469 e. The van der Waals surface area contributed by atoms with Crippen LogP contribution in [0.5, 0.6) is 0 Å². The van der Waals surface area contributed by atoms with E-state index in [-0.39, 0.29) is 35.5 Å². The molecule has 114 valence electrons. The summed E-state index contributed by atoms with van der Waals surface area (Å²) in [4.78, 5) is 37.4. The first-order chi connectivity index (χ1) is 10.6. The lowest BCUT2D eigenvalue weighted by Crippen LogP contribution is -2.46. The molecular weight excluding hydrogens is 284 g/mol. The lowest BCUT2D eigenvalue weighted by Gasteiger charge is -2.37. The summed E-state index contributed by atoms with van der Waals surface area (Å²) in [5.74, 6) is -1.02. The zero-order valence-corrected chi connectivity index (χ0v) is 12.1. The SMILES string of the molecule is Cc1occc1C(=O)NN1C(=O)[C@H]2[C@H](C1=O)[C@H]1C=C[C@H]2CC1. The fourth-order valence-electron chi connectivity index (χ4n) is 3.97. The fourth-order valence-corrected chi connectivity index (χ4v) is 3.97. The number of carbonyl (C=O) groups is 3. The van der Waals surface area contributed by atoms with Crippen LogP contribution < -0.4 is 5.43 Å². The molecule has 1 aromatic heterocycles. The molecule has 6 nitrogen and oxygen atoms in total. The molecule has 3 aliphatic carbocycles. The first-order valence-corrected chi connectivity index (χ1v) is 7.49. The molecule has 4 atom stereocenters. The van der Waals surface area contributed by atoms with Crippen molar-refractivity contribution in [3.05, 3.63) is 35.8 Å². The molecule has 2 bridgehead atoms. The molecule has 4 aliphatic rings. The molecule has 2 heterocycles. The number of hydrazine groups is 1. The van der Waals surface area contributed by atoms with Crippen LogP contribution in [0, 0.1) is 30.6 Å². The number of imide groups is 1. The van der Waals surface area contributed by atoms with Gasteiger partial charge in [0.05, 0.1) is 23.7 Å². The number of rotatable bonds is 2. The van der Waals surface area contributed by atoms with Crippen LogP contribution in [-0.4, -0.2) is 22.7 Å². The van der Waals surface area contributed by atoms with Gasteiger partial charge in [-0.25, -0.2) is 0 Å². The van der Waals surface area contributed by atoms with E-state index >= 15 is 0 Å². The lowest BCUT2D eigenvalue weighted by atomic mass is 9.63. The average molecular weight is 300 g/mol. The van der Waals surface area contributed by atoms with Crippen molar-refractivity contribution in [1.82, 2.24) is 10.4 Å². The van der Waals surface area contributed by atoms with Crippen molar-refractivity contribution in [3.63, 3.8) is 0 Å². The van der Waals surface area contributed by atoms with Gasteiger partial charge in [0.15, 0.2) is 0 Å². The molecule has 5 rings (SSSR count). The van der Waals surface area contributed by atoms with E-state index in [4.69, 9.17) is 4.42 Å². The second kappa shape index (κ2) is 4.56. The van der Waals surface area contributed by atoms with E-state index in [1.807, 2.05) is 12.2 Å². The van der Waals surface area contributed by atoms with Crippen molar-refractivity contribution in [2.45, 2.75) is 19.8 Å². The van der Waals surface area contributed by atoms with Crippen LogP contribution in [0.25, 0.3) is 0 Å². The summed E-state index contributed by atoms with van der Waals surface area (Å²) in [5.41, 5.74) is 2.78. The minimum absolute atomic E-state index is 0.115. The molecule has 0 radical (unpaired) electrons. The summed E-state index contributed by atoms with van der Waals surface area (Å²) in [6.45, 7) is 1.66. The van der Waals surface area contributed by atoms with E-state index in [2.05, 4.69) is 5.43 Å². The van der Waals surface area contributed by atoms with Crippen molar-refractivity contribution in [2.75, 3.05) is 0 Å². The van der Waals surface area contributed by atoms with Gasteiger partial charge in [-0.15, -0.1) is 0 Å². The monoisotopic (exact) mass is 300 g/mol. The first-order valence-electron chi connectivity index (χ1n) is 7.49. The van der Waals surface area contributed by atoms with Gasteiger partial charge in [0.2, 0.25) is 0 Å². The van der Waals surface area contributed by atoms with Gasteiger partial charge < -0.3 is 4.42 Å². The molecule has 1 aliphatic heterocycles. The number of hydrogen-bond acceptors (Lipinski definition) is 4. The second-order valence-corrected chi connectivity index (χ2v) is 6.18. The van der Waals surface area contributed by atoms with Crippen LogP contribution in [0.3, 0.4) is 0 Å². The van der Waals surface area contributed by atoms with Crippen molar-refractivity contribution >= 4 is 17.7 Å². The Kier molecular flexibility index (Phi) is 2.76. The van der Waals surface area contributed by atoms with E-state index in [1.54, 1.807) is 6.92 Å². The molecule has 6 heteroatoms. The highest BCUT2D eigenvalue weighted by atomic mass is 16.3. The Morgan fingerprint density at radius 3 is 2.23 bits per heavy atom. The predicted octanol–water partition coefficient (Wildman–Crippen LogP) is 1.43. The average Bonchev–Trinajstić information content (AvgIpc) is 3.07. The van der Waals surface area contributed by atoms with E-state index in [1.165, 1.54) is 12.3 Å². The standard InChI is InChI=1S/C16H16N2O4/c1-8-11(6-7-22-8)14(19)17-18-15(20)12-9-2-3-10(5-4-9)13(12)16(18)21/h2-3,6-7,9-10,12-13H,4-5H2,1H3,(H,17,19)/t9-,10-,12+,13+/m0/s1. The smallest absolute Gasteiger partial charge is 0.273 e. The zero-order chi connectivity index (χ0) is 15.4. The van der Waals surface area contributed by atoms with Gasteiger partial charge in [0, 0.05) is 0 Å². The van der Waals surface area contributed by atoms with Crippen molar-refractivity contribution in [1.29, 1.82) is 0 Å². The van der Waals surface area contributed by atoms with Crippen molar-refractivity contribution in [2.24, 2.45) is 23.7 Å². The molecule has 3 amide bonds. The lowest BCUT2D eigenvalue weighted by molar-refractivity contribution is -0.143. The van der Waals surface area contributed by atoms with Gasteiger partial charge in [-0.1, -0.05) is 12.2 Å². The molecule has 0 spiro atoms. The zero-order valence-electron chi connectivity index (χ0n) is 12.1. The third-order valence-electron chi connectivity index (χ3n) is 5.08. The summed E-state index contributed by atoms with van der Waals surface area (Å²) < 4.78 is 5.08. The number of fused-ring (bicyclic) bond motifs is 1. The van der Waals surface area contributed by atoms with Crippen molar-refractivity contribution in [3.8, 4) is 0 Å². The second-order valence-electron chi connectivity index (χ2n) is 6.18. The first kappa shape index (κ1) is 13.3. The Bertz CT molecular complexity index is 673. The molecule has 1 N–H and O–H groups in total. The molecule has 0 unspecified atom stereocenters. The highest BCUT2D eigenvalue weighted by Gasteiger charge is 2.57. The Balaban J connectivity index is 1.59. The minimum atomic E-state index is -0.494. The van der Waals surface area contributed by atoms with Gasteiger partial charge in [-0.3, -0.25) is 19.8 Å². The van der Waals surface area contributed by atoms with Gasteiger partial charge in [-0.05, 0) is 37.7 Å². The summed E-state index contributed by atoms with van der Waals surface area (Å²) >= 11 is 0. The third kappa shape index (κ3) is 1.70. The number of hydrogen-bond donors (Lipinski definition) is 1. The molecular formula is C16H16N2O4.